The molecule has 0 bridgehead atoms. The zero-order valence-corrected chi connectivity index (χ0v) is 12.1. The number of aromatic nitrogens is 1. The predicted molar refractivity (Wildman–Crippen MR) is 78.7 cm³/mol. The molecule has 3 N–H and O–H groups in total. The molecule has 1 aliphatic carbocycles. The molecule has 1 aromatic rings. The average Bonchev–Trinajstić information content (AvgIpc) is 2.49. The Kier molecular flexibility index (Phi) is 4.60. The molecule has 0 saturated heterocycles. The van der Waals surface area contributed by atoms with Gasteiger partial charge in [-0.3, -0.25) is 9.78 Å². The molecule has 1 saturated carbocycles. The SMILES string of the molecule is CNC(=O)c1cc(NC2(CO)CCC(C)CC2)ccn1. The normalized spacial score (nSPS) is 26.1. The van der Waals surface area contributed by atoms with Crippen molar-refractivity contribution in [1.82, 2.24) is 10.3 Å². The maximum Gasteiger partial charge on any atom is 0.269 e. The van der Waals surface area contributed by atoms with Crippen molar-refractivity contribution in [3.05, 3.63) is 24.0 Å². The summed E-state index contributed by atoms with van der Waals surface area (Å²) in [5.74, 6) is 0.513. The van der Waals surface area contributed by atoms with Crippen LogP contribution in [0.2, 0.25) is 0 Å². The van der Waals surface area contributed by atoms with E-state index in [1.165, 1.54) is 0 Å². The van der Waals surface area contributed by atoms with Crippen molar-refractivity contribution in [3.63, 3.8) is 0 Å². The first-order chi connectivity index (χ1) is 9.58. The molecule has 1 aromatic heterocycles. The van der Waals surface area contributed by atoms with Crippen molar-refractivity contribution in [2.75, 3.05) is 19.0 Å². The van der Waals surface area contributed by atoms with Crippen LogP contribution in [0, 0.1) is 5.92 Å². The van der Waals surface area contributed by atoms with Crippen LogP contribution in [0.1, 0.15) is 43.1 Å². The number of nitrogens with zero attached hydrogens (tertiary/aromatic N) is 1. The van der Waals surface area contributed by atoms with Gasteiger partial charge in [0.25, 0.3) is 5.91 Å². The lowest BCUT2D eigenvalue weighted by atomic mass is 9.77. The number of anilines is 1. The Bertz CT molecular complexity index is 468. The number of amides is 1. The van der Waals surface area contributed by atoms with Crippen LogP contribution in [0.5, 0.6) is 0 Å². The highest BCUT2D eigenvalue weighted by molar-refractivity contribution is 5.92. The average molecular weight is 277 g/mol. The first-order valence-electron chi connectivity index (χ1n) is 7.16. The Hall–Kier alpha value is -1.62. The van der Waals surface area contributed by atoms with E-state index >= 15 is 0 Å². The minimum Gasteiger partial charge on any atom is -0.394 e. The van der Waals surface area contributed by atoms with Gasteiger partial charge in [0.1, 0.15) is 5.69 Å². The van der Waals surface area contributed by atoms with Gasteiger partial charge in [-0.2, -0.15) is 0 Å². The fourth-order valence-corrected chi connectivity index (χ4v) is 2.70. The zero-order valence-electron chi connectivity index (χ0n) is 12.1. The fourth-order valence-electron chi connectivity index (χ4n) is 2.70. The highest BCUT2D eigenvalue weighted by Gasteiger charge is 2.33. The van der Waals surface area contributed by atoms with Crippen LogP contribution in [0.25, 0.3) is 0 Å². The predicted octanol–water partition coefficient (Wildman–Crippen LogP) is 1.79. The Morgan fingerprint density at radius 1 is 1.50 bits per heavy atom. The summed E-state index contributed by atoms with van der Waals surface area (Å²) in [6.45, 7) is 2.36. The topological polar surface area (TPSA) is 74.2 Å². The molecule has 1 heterocycles. The summed E-state index contributed by atoms with van der Waals surface area (Å²) in [7, 11) is 1.59. The van der Waals surface area contributed by atoms with Gasteiger partial charge in [0.2, 0.25) is 0 Å². The Labute approximate surface area is 119 Å². The number of aliphatic hydroxyl groups excluding tert-OH is 1. The number of nitrogens with one attached hydrogen (secondary N) is 2. The Morgan fingerprint density at radius 2 is 2.20 bits per heavy atom. The van der Waals surface area contributed by atoms with Crippen LogP contribution in [-0.2, 0) is 0 Å². The first kappa shape index (κ1) is 14.8. The van der Waals surface area contributed by atoms with Gasteiger partial charge in [-0.05, 0) is 43.7 Å². The zero-order chi connectivity index (χ0) is 14.6. The second-order valence-corrected chi connectivity index (χ2v) is 5.75. The smallest absolute Gasteiger partial charge is 0.269 e. The van der Waals surface area contributed by atoms with Crippen LogP contribution in [0.15, 0.2) is 18.3 Å². The summed E-state index contributed by atoms with van der Waals surface area (Å²) in [4.78, 5) is 15.6. The standard InChI is InChI=1S/C15H23N3O2/c1-11-3-6-15(10-19,7-4-11)18-12-5-8-17-13(9-12)14(20)16-2/h5,8-9,11,19H,3-4,6-7,10H2,1-2H3,(H,16,20)(H,17,18). The van der Waals surface area contributed by atoms with E-state index in [-0.39, 0.29) is 18.1 Å². The number of hydrogen-bond donors (Lipinski definition) is 3. The number of hydrogen-bond acceptors (Lipinski definition) is 4. The highest BCUT2D eigenvalue weighted by Crippen LogP contribution is 2.34. The van der Waals surface area contributed by atoms with Crippen molar-refractivity contribution >= 4 is 11.6 Å². The largest absolute Gasteiger partial charge is 0.394 e. The van der Waals surface area contributed by atoms with Crippen LogP contribution in [0.3, 0.4) is 0 Å². The van der Waals surface area contributed by atoms with Crippen LogP contribution >= 0.6 is 0 Å². The molecule has 0 spiro atoms. The van der Waals surface area contributed by atoms with Crippen molar-refractivity contribution < 1.29 is 9.90 Å². The second kappa shape index (κ2) is 6.22. The lowest BCUT2D eigenvalue weighted by Gasteiger charge is -2.39. The molecule has 0 atom stereocenters. The van der Waals surface area contributed by atoms with Gasteiger partial charge in [-0.15, -0.1) is 0 Å². The van der Waals surface area contributed by atoms with E-state index < -0.39 is 0 Å². The van der Waals surface area contributed by atoms with E-state index in [0.717, 1.165) is 37.3 Å². The third-order valence-corrected chi connectivity index (χ3v) is 4.16. The first-order valence-corrected chi connectivity index (χ1v) is 7.16. The van der Waals surface area contributed by atoms with Crippen molar-refractivity contribution in [1.29, 1.82) is 0 Å². The minimum atomic E-state index is -0.270. The maximum atomic E-state index is 11.6. The van der Waals surface area contributed by atoms with Crippen molar-refractivity contribution in [2.24, 2.45) is 5.92 Å². The van der Waals surface area contributed by atoms with E-state index in [0.29, 0.717) is 5.69 Å². The van der Waals surface area contributed by atoms with Crippen LogP contribution in [0.4, 0.5) is 5.69 Å². The summed E-state index contributed by atoms with van der Waals surface area (Å²) >= 11 is 0. The van der Waals surface area contributed by atoms with E-state index in [4.69, 9.17) is 0 Å². The molecular weight excluding hydrogens is 254 g/mol. The summed E-state index contributed by atoms with van der Waals surface area (Å²) in [5, 5.41) is 15.7. The molecule has 0 radical (unpaired) electrons. The van der Waals surface area contributed by atoms with Gasteiger partial charge in [0, 0.05) is 18.9 Å². The third-order valence-electron chi connectivity index (χ3n) is 4.16. The van der Waals surface area contributed by atoms with Crippen molar-refractivity contribution in [3.8, 4) is 0 Å². The number of carbonyl (C=O) groups excluding carboxylic acids is 1. The lowest BCUT2D eigenvalue weighted by Crippen LogP contribution is -2.45. The Balaban J connectivity index is 2.13. The summed E-state index contributed by atoms with van der Waals surface area (Å²) < 4.78 is 0. The minimum absolute atomic E-state index is 0.108. The molecule has 5 nitrogen and oxygen atoms in total. The molecule has 0 aliphatic heterocycles. The molecule has 1 fully saturated rings. The number of aliphatic hydroxyl groups is 1. The molecule has 1 amide bonds. The lowest BCUT2D eigenvalue weighted by molar-refractivity contribution is 0.0958. The molecule has 110 valence electrons. The van der Waals surface area contributed by atoms with Gasteiger partial charge < -0.3 is 15.7 Å². The molecule has 5 heteroatoms. The molecule has 0 unspecified atom stereocenters. The van der Waals surface area contributed by atoms with Gasteiger partial charge in [0.15, 0.2) is 0 Å². The van der Waals surface area contributed by atoms with Gasteiger partial charge >= 0.3 is 0 Å². The molecule has 0 aromatic carbocycles. The molecular formula is C15H23N3O2. The Morgan fingerprint density at radius 3 is 2.80 bits per heavy atom. The summed E-state index contributed by atoms with van der Waals surface area (Å²) in [6, 6.07) is 3.57. The highest BCUT2D eigenvalue weighted by atomic mass is 16.3. The summed E-state index contributed by atoms with van der Waals surface area (Å²) in [5.41, 5.74) is 0.949. The second-order valence-electron chi connectivity index (χ2n) is 5.75. The fraction of sp³-hybridized carbons (Fsp3) is 0.600. The number of carbonyl (C=O) groups is 1. The van der Waals surface area contributed by atoms with Gasteiger partial charge in [-0.1, -0.05) is 6.92 Å². The number of pyridine rings is 1. The quantitative estimate of drug-likeness (QED) is 0.784. The number of rotatable bonds is 4. The van der Waals surface area contributed by atoms with Gasteiger partial charge in [-0.25, -0.2) is 0 Å². The van der Waals surface area contributed by atoms with E-state index in [1.807, 2.05) is 6.07 Å². The maximum absolute atomic E-state index is 11.6. The van der Waals surface area contributed by atoms with E-state index in [2.05, 4.69) is 22.5 Å². The monoisotopic (exact) mass is 277 g/mol. The van der Waals surface area contributed by atoms with E-state index in [1.54, 1.807) is 19.3 Å². The third kappa shape index (κ3) is 3.28. The van der Waals surface area contributed by atoms with Crippen molar-refractivity contribution in [2.45, 2.75) is 38.1 Å². The van der Waals surface area contributed by atoms with Crippen LogP contribution in [-0.4, -0.2) is 35.2 Å². The summed E-state index contributed by atoms with van der Waals surface area (Å²) in [6.07, 6.45) is 5.73. The van der Waals surface area contributed by atoms with E-state index in [9.17, 15) is 9.90 Å². The van der Waals surface area contributed by atoms with Gasteiger partial charge in [0.05, 0.1) is 12.1 Å². The molecule has 20 heavy (non-hydrogen) atoms. The molecule has 1 aliphatic rings. The molecule has 2 rings (SSSR count). The van der Waals surface area contributed by atoms with Crippen LogP contribution < -0.4 is 10.6 Å².